The van der Waals surface area contributed by atoms with E-state index in [4.69, 9.17) is 23.8 Å². The first-order valence-electron chi connectivity index (χ1n) is 11.2. The number of H-pyrrole nitrogens is 1. The number of nitrogens with zero attached hydrogens (tertiary/aromatic N) is 1. The van der Waals surface area contributed by atoms with Crippen molar-refractivity contribution in [3.63, 3.8) is 0 Å². The number of carbonyl (C=O) groups is 2. The Labute approximate surface area is 223 Å². The van der Waals surface area contributed by atoms with Gasteiger partial charge in [0.05, 0.1) is 22.5 Å². The zero-order valence-electron chi connectivity index (χ0n) is 17.6. The maximum absolute atomic E-state index is 13.7. The van der Waals surface area contributed by atoms with E-state index in [1.807, 2.05) is 11.8 Å². The van der Waals surface area contributed by atoms with Crippen LogP contribution in [0.3, 0.4) is 0 Å². The van der Waals surface area contributed by atoms with Gasteiger partial charge < -0.3 is 4.98 Å². The fourth-order valence-corrected chi connectivity index (χ4v) is 10.6. The van der Waals surface area contributed by atoms with Gasteiger partial charge in [0.2, 0.25) is 11.8 Å². The summed E-state index contributed by atoms with van der Waals surface area (Å²) < 4.78 is 1.83. The van der Waals surface area contributed by atoms with Crippen molar-refractivity contribution in [2.75, 3.05) is 4.90 Å². The third-order valence-electron chi connectivity index (χ3n) is 8.04. The molecule has 1 N–H and O–H groups in total. The number of imide groups is 1. The number of aromatic amines is 1. The fraction of sp³-hybridized carbons (Fsp3) is 0.320. The van der Waals surface area contributed by atoms with Crippen molar-refractivity contribution in [3.8, 4) is 0 Å². The minimum absolute atomic E-state index is 0.0460. The molecule has 7 unspecified atom stereocenters. The summed E-state index contributed by atoms with van der Waals surface area (Å²) in [5.41, 5.74) is 1.87. The molecule has 7 atom stereocenters. The molecule has 2 saturated carbocycles. The Balaban J connectivity index is 1.32. The SMILES string of the molecule is O=C1C2C3CC(C2C(=O)N1c1ccc(Cl)cc1)C1C(c2ccc(Br)cc2)c2sc(=S)[nH]c2SC31. The molecule has 2 bridgehead atoms. The van der Waals surface area contributed by atoms with Crippen LogP contribution in [0.25, 0.3) is 0 Å². The highest BCUT2D eigenvalue weighted by Crippen LogP contribution is 2.69. The predicted octanol–water partition coefficient (Wildman–Crippen LogP) is 6.90. The molecule has 3 heterocycles. The van der Waals surface area contributed by atoms with Gasteiger partial charge in [-0.3, -0.25) is 14.5 Å². The Hall–Kier alpha value is -1.45. The smallest absolute Gasteiger partial charge is 0.238 e. The number of hydrogen-bond donors (Lipinski definition) is 1. The van der Waals surface area contributed by atoms with Crippen LogP contribution in [0.15, 0.2) is 58.0 Å². The van der Waals surface area contributed by atoms with Crippen molar-refractivity contribution in [2.24, 2.45) is 29.6 Å². The molecule has 9 heteroatoms. The average Bonchev–Trinajstić information content (AvgIpc) is 3.54. The van der Waals surface area contributed by atoms with Crippen LogP contribution in [-0.2, 0) is 9.59 Å². The second kappa shape index (κ2) is 7.77. The molecule has 4 nitrogen and oxygen atoms in total. The molecule has 0 radical (unpaired) electrons. The quantitative estimate of drug-likeness (QED) is 0.261. The summed E-state index contributed by atoms with van der Waals surface area (Å²) in [7, 11) is 0. The van der Waals surface area contributed by atoms with Crippen LogP contribution < -0.4 is 4.90 Å². The van der Waals surface area contributed by atoms with Crippen molar-refractivity contribution in [3.05, 3.63) is 72.4 Å². The number of anilines is 1. The molecular formula is C25H18BrClN2O2S3. The minimum atomic E-state index is -0.249. The van der Waals surface area contributed by atoms with Gasteiger partial charge in [-0.1, -0.05) is 39.7 Å². The van der Waals surface area contributed by atoms with Crippen LogP contribution >= 0.6 is 62.8 Å². The third kappa shape index (κ3) is 2.98. The Morgan fingerprint density at radius 1 is 1.00 bits per heavy atom. The number of benzene rings is 2. The maximum atomic E-state index is 13.7. The standard InChI is InChI=1S/C25H18BrClN2O2S3/c26-11-3-1-10(2-4-11)16-17-14-9-15(20(17)33-22-21(16)34-25(32)28-22)19-18(14)23(30)29(24(19)31)13-7-5-12(27)6-8-13/h1-8,14-20H,9H2,(H,28,32). The van der Waals surface area contributed by atoms with Crippen molar-refractivity contribution >= 4 is 80.3 Å². The number of fused-ring (bicyclic) bond motifs is 9. The Kier molecular flexibility index (Phi) is 4.98. The van der Waals surface area contributed by atoms with Crippen LogP contribution in [-0.4, -0.2) is 22.0 Å². The van der Waals surface area contributed by atoms with Gasteiger partial charge in [0.25, 0.3) is 0 Å². The normalized spacial score (nSPS) is 33.2. The number of amides is 2. The topological polar surface area (TPSA) is 53.2 Å². The number of thiazole rings is 1. The number of nitrogens with one attached hydrogen (secondary N) is 1. The van der Waals surface area contributed by atoms with Gasteiger partial charge in [0, 0.05) is 25.5 Å². The molecule has 2 aliphatic heterocycles. The lowest BCUT2D eigenvalue weighted by atomic mass is 9.68. The number of hydrogen-bond acceptors (Lipinski definition) is 5. The summed E-state index contributed by atoms with van der Waals surface area (Å²) in [6, 6.07) is 15.5. The number of aromatic nitrogens is 1. The maximum Gasteiger partial charge on any atom is 0.238 e. The fourth-order valence-electron chi connectivity index (χ4n) is 6.90. The highest BCUT2D eigenvalue weighted by Gasteiger charge is 2.69. The van der Waals surface area contributed by atoms with Crippen LogP contribution in [0.1, 0.15) is 22.8 Å². The largest absolute Gasteiger partial charge is 0.332 e. The molecular weight excluding hydrogens is 572 g/mol. The van der Waals surface area contributed by atoms with Gasteiger partial charge in [0.1, 0.15) is 0 Å². The van der Waals surface area contributed by atoms with Gasteiger partial charge >= 0.3 is 0 Å². The minimum Gasteiger partial charge on any atom is -0.332 e. The first kappa shape index (κ1) is 21.8. The summed E-state index contributed by atoms with van der Waals surface area (Å²) >= 11 is 18.6. The highest BCUT2D eigenvalue weighted by atomic mass is 79.9. The molecule has 1 saturated heterocycles. The molecule has 34 heavy (non-hydrogen) atoms. The van der Waals surface area contributed by atoms with Gasteiger partial charge in [-0.15, -0.1) is 23.1 Å². The Bertz CT molecular complexity index is 1400. The van der Waals surface area contributed by atoms with Gasteiger partial charge in [-0.2, -0.15) is 0 Å². The lowest BCUT2D eigenvalue weighted by Crippen LogP contribution is -2.42. The van der Waals surface area contributed by atoms with Gasteiger partial charge in [-0.05, 0) is 78.4 Å². The van der Waals surface area contributed by atoms with E-state index in [-0.39, 0.29) is 46.7 Å². The average molecular weight is 590 g/mol. The first-order chi connectivity index (χ1) is 16.4. The summed E-state index contributed by atoms with van der Waals surface area (Å²) in [5, 5.41) is 2.01. The second-order valence-corrected chi connectivity index (χ2v) is 13.8. The molecule has 1 aromatic heterocycles. The third-order valence-corrected chi connectivity index (χ3v) is 11.8. The van der Waals surface area contributed by atoms with Crippen LogP contribution in [0.4, 0.5) is 5.69 Å². The molecule has 172 valence electrons. The highest BCUT2D eigenvalue weighted by molar-refractivity contribution is 9.10. The lowest BCUT2D eigenvalue weighted by molar-refractivity contribution is -0.123. The molecule has 3 aromatic rings. The van der Waals surface area contributed by atoms with E-state index in [0.29, 0.717) is 16.6 Å². The zero-order valence-corrected chi connectivity index (χ0v) is 22.4. The zero-order chi connectivity index (χ0) is 23.3. The van der Waals surface area contributed by atoms with E-state index >= 15 is 0 Å². The Morgan fingerprint density at radius 3 is 2.38 bits per heavy atom. The lowest BCUT2D eigenvalue weighted by Gasteiger charge is -2.43. The van der Waals surface area contributed by atoms with Crippen LogP contribution in [0.5, 0.6) is 0 Å². The summed E-state index contributed by atoms with van der Waals surface area (Å²) in [6.45, 7) is 0. The number of carbonyl (C=O) groups excluding carboxylic acids is 2. The van der Waals surface area contributed by atoms with Crippen molar-refractivity contribution in [2.45, 2.75) is 22.6 Å². The number of thioether (sulfide) groups is 1. The molecule has 3 fully saturated rings. The molecule has 2 amide bonds. The summed E-state index contributed by atoms with van der Waals surface area (Å²) in [6.07, 6.45) is 0.937. The van der Waals surface area contributed by atoms with E-state index < -0.39 is 0 Å². The predicted molar refractivity (Wildman–Crippen MR) is 141 cm³/mol. The molecule has 4 aliphatic rings. The van der Waals surface area contributed by atoms with Crippen molar-refractivity contribution in [1.82, 2.24) is 4.98 Å². The van der Waals surface area contributed by atoms with E-state index in [9.17, 15) is 9.59 Å². The molecule has 2 aromatic carbocycles. The van der Waals surface area contributed by atoms with E-state index in [1.165, 1.54) is 15.3 Å². The van der Waals surface area contributed by atoms with E-state index in [2.05, 4.69) is 45.2 Å². The molecule has 0 spiro atoms. The first-order valence-corrected chi connectivity index (χ1v) is 14.5. The van der Waals surface area contributed by atoms with Crippen molar-refractivity contribution < 1.29 is 9.59 Å². The van der Waals surface area contributed by atoms with Crippen LogP contribution in [0, 0.1) is 33.5 Å². The molecule has 2 aliphatic carbocycles. The second-order valence-electron chi connectivity index (χ2n) is 9.50. The summed E-state index contributed by atoms with van der Waals surface area (Å²) in [5.74, 6) is 0.259. The summed E-state index contributed by atoms with van der Waals surface area (Å²) in [4.78, 5) is 33.4. The monoisotopic (exact) mass is 588 g/mol. The van der Waals surface area contributed by atoms with E-state index in [0.717, 1.165) is 19.9 Å². The molecule has 7 rings (SSSR count). The number of rotatable bonds is 2. The van der Waals surface area contributed by atoms with Gasteiger partial charge in [-0.25, -0.2) is 0 Å². The van der Waals surface area contributed by atoms with Crippen LogP contribution in [0.2, 0.25) is 5.02 Å². The Morgan fingerprint density at radius 2 is 1.68 bits per heavy atom. The van der Waals surface area contributed by atoms with E-state index in [1.54, 1.807) is 35.6 Å². The van der Waals surface area contributed by atoms with Crippen molar-refractivity contribution in [1.29, 1.82) is 0 Å². The number of halogens is 2. The van der Waals surface area contributed by atoms with Gasteiger partial charge in [0.15, 0.2) is 3.95 Å².